The molecule has 0 unspecified atom stereocenters. The summed E-state index contributed by atoms with van der Waals surface area (Å²) in [5, 5.41) is 9.54. The smallest absolute Gasteiger partial charge is 0.267 e. The zero-order valence-electron chi connectivity index (χ0n) is 14.7. The Kier molecular flexibility index (Phi) is 3.62. The normalized spacial score (nSPS) is 13.1. The third-order valence-corrected chi connectivity index (χ3v) is 4.71. The Morgan fingerprint density at radius 3 is 1.68 bits per heavy atom. The first-order valence-corrected chi connectivity index (χ1v) is 8.80. The molecule has 4 aromatic rings. The van der Waals surface area contributed by atoms with Gasteiger partial charge in [-0.05, 0) is 17.3 Å². The molecule has 6 heteroatoms. The van der Waals surface area contributed by atoms with E-state index in [2.05, 4.69) is 10.3 Å². The maximum Gasteiger partial charge on any atom is 0.282 e. The molecule has 0 saturated heterocycles. The van der Waals surface area contributed by atoms with Crippen LogP contribution >= 0.6 is 0 Å². The lowest BCUT2D eigenvalue weighted by Gasteiger charge is -2.16. The molecule has 6 nitrogen and oxygen atoms in total. The maximum atomic E-state index is 13.0. The number of amides is 2. The van der Waals surface area contributed by atoms with Gasteiger partial charge >= 0.3 is 0 Å². The molecular weight excluding hydrogens is 352 g/mol. The van der Waals surface area contributed by atoms with Gasteiger partial charge in [-0.15, -0.1) is 9.89 Å². The van der Waals surface area contributed by atoms with Gasteiger partial charge in [-0.3, -0.25) is 9.59 Å². The lowest BCUT2D eigenvalue weighted by atomic mass is 10.1. The number of nitrogens with zero attached hydrogens (tertiary/aromatic N) is 4. The largest absolute Gasteiger partial charge is 0.282 e. The van der Waals surface area contributed by atoms with Gasteiger partial charge in [0, 0.05) is 11.1 Å². The number of imide groups is 1. The molecule has 3 aromatic carbocycles. The zero-order chi connectivity index (χ0) is 19.1. The Balaban J connectivity index is 1.73. The van der Waals surface area contributed by atoms with E-state index >= 15 is 0 Å². The first kappa shape index (κ1) is 16.1. The maximum absolute atomic E-state index is 13.0. The average Bonchev–Trinajstić information content (AvgIpc) is 3.29. The Bertz CT molecular complexity index is 1160. The minimum absolute atomic E-state index is 0.364. The molecule has 1 aliphatic rings. The molecule has 1 aromatic heterocycles. The van der Waals surface area contributed by atoms with Crippen LogP contribution in [-0.2, 0) is 0 Å². The minimum Gasteiger partial charge on any atom is -0.267 e. The number of fused-ring (bicyclic) bond motifs is 1. The van der Waals surface area contributed by atoms with Crippen LogP contribution in [-0.4, -0.2) is 26.9 Å². The van der Waals surface area contributed by atoms with Crippen molar-refractivity contribution in [3.8, 4) is 22.5 Å². The van der Waals surface area contributed by atoms with E-state index in [4.69, 9.17) is 0 Å². The van der Waals surface area contributed by atoms with Crippen molar-refractivity contribution in [2.24, 2.45) is 0 Å². The zero-order valence-corrected chi connectivity index (χ0v) is 14.7. The fourth-order valence-electron chi connectivity index (χ4n) is 3.40. The highest BCUT2D eigenvalue weighted by molar-refractivity contribution is 6.30. The summed E-state index contributed by atoms with van der Waals surface area (Å²) in [6.45, 7) is 0. The quantitative estimate of drug-likeness (QED) is 0.520. The standard InChI is InChI=1S/C22H14N4O2/c27-21-17-13-7-8-14-18(17)22(28)25(21)26-20(16-11-5-2-6-12-16)19(23-24-26)15-9-3-1-4-10-15/h1-14H. The van der Waals surface area contributed by atoms with Crippen LogP contribution in [0, 0.1) is 0 Å². The molecule has 0 spiro atoms. The predicted octanol–water partition coefficient (Wildman–Crippen LogP) is 3.54. The molecule has 2 heterocycles. The summed E-state index contributed by atoms with van der Waals surface area (Å²) in [6.07, 6.45) is 0. The lowest BCUT2D eigenvalue weighted by Crippen LogP contribution is -2.41. The monoisotopic (exact) mass is 366 g/mol. The lowest BCUT2D eigenvalue weighted by molar-refractivity contribution is 0.0879. The topological polar surface area (TPSA) is 68.1 Å². The molecule has 0 N–H and O–H groups in total. The second-order valence-electron chi connectivity index (χ2n) is 6.38. The first-order chi connectivity index (χ1) is 13.8. The van der Waals surface area contributed by atoms with Gasteiger partial charge in [-0.25, -0.2) is 0 Å². The van der Waals surface area contributed by atoms with Crippen LogP contribution in [0.5, 0.6) is 0 Å². The molecule has 28 heavy (non-hydrogen) atoms. The number of hydrogen-bond donors (Lipinski definition) is 0. The molecule has 2 amide bonds. The molecule has 0 aliphatic carbocycles. The SMILES string of the molecule is O=C1c2ccccc2C(=O)N1n1nnc(-c2ccccc2)c1-c1ccccc1. The molecule has 0 saturated carbocycles. The van der Waals surface area contributed by atoms with Gasteiger partial charge in [0.25, 0.3) is 11.8 Å². The van der Waals surface area contributed by atoms with Crippen LogP contribution in [0.15, 0.2) is 84.9 Å². The van der Waals surface area contributed by atoms with Gasteiger partial charge in [-0.1, -0.05) is 72.8 Å². The Morgan fingerprint density at radius 2 is 1.11 bits per heavy atom. The van der Waals surface area contributed by atoms with E-state index in [0.717, 1.165) is 16.1 Å². The highest BCUT2D eigenvalue weighted by atomic mass is 16.2. The van der Waals surface area contributed by atoms with Crippen LogP contribution in [0.4, 0.5) is 0 Å². The third kappa shape index (κ3) is 2.35. The summed E-state index contributed by atoms with van der Waals surface area (Å²) >= 11 is 0. The highest BCUT2D eigenvalue weighted by Crippen LogP contribution is 2.32. The van der Waals surface area contributed by atoms with E-state index in [1.165, 1.54) is 4.79 Å². The minimum atomic E-state index is -0.415. The second kappa shape index (κ2) is 6.28. The molecule has 0 radical (unpaired) electrons. The van der Waals surface area contributed by atoms with Crippen LogP contribution in [0.25, 0.3) is 22.5 Å². The van der Waals surface area contributed by atoms with Crippen molar-refractivity contribution >= 4 is 11.8 Å². The summed E-state index contributed by atoms with van der Waals surface area (Å²) in [4.78, 5) is 27.2. The van der Waals surface area contributed by atoms with Crippen molar-refractivity contribution < 1.29 is 9.59 Å². The number of carbonyl (C=O) groups is 2. The van der Waals surface area contributed by atoms with Crippen LogP contribution < -0.4 is 5.01 Å². The van der Waals surface area contributed by atoms with Crippen molar-refractivity contribution in [3.63, 3.8) is 0 Å². The van der Waals surface area contributed by atoms with Crippen molar-refractivity contribution in [1.82, 2.24) is 15.1 Å². The fourth-order valence-corrected chi connectivity index (χ4v) is 3.40. The van der Waals surface area contributed by atoms with Crippen LogP contribution in [0.3, 0.4) is 0 Å². The average molecular weight is 366 g/mol. The molecule has 0 bridgehead atoms. The van der Waals surface area contributed by atoms with E-state index in [-0.39, 0.29) is 0 Å². The van der Waals surface area contributed by atoms with Gasteiger partial charge in [0.05, 0.1) is 11.1 Å². The van der Waals surface area contributed by atoms with Gasteiger partial charge in [0.1, 0.15) is 11.4 Å². The molecular formula is C22H14N4O2. The second-order valence-corrected chi connectivity index (χ2v) is 6.38. The summed E-state index contributed by atoms with van der Waals surface area (Å²) in [5.41, 5.74) is 3.57. The number of benzene rings is 3. The summed E-state index contributed by atoms with van der Waals surface area (Å²) in [5.74, 6) is -0.829. The van der Waals surface area contributed by atoms with Crippen LogP contribution in [0.2, 0.25) is 0 Å². The predicted molar refractivity (Wildman–Crippen MR) is 104 cm³/mol. The molecule has 0 atom stereocenters. The van der Waals surface area contributed by atoms with Gasteiger partial charge in [0.15, 0.2) is 0 Å². The van der Waals surface area contributed by atoms with Crippen molar-refractivity contribution in [3.05, 3.63) is 96.1 Å². The number of aromatic nitrogens is 3. The molecule has 1 aliphatic heterocycles. The Hall–Kier alpha value is -4.06. The van der Waals surface area contributed by atoms with E-state index in [9.17, 15) is 9.59 Å². The number of carbonyl (C=O) groups excluding carboxylic acids is 2. The molecule has 134 valence electrons. The van der Waals surface area contributed by atoms with E-state index < -0.39 is 11.8 Å². The summed E-state index contributed by atoms with van der Waals surface area (Å²) in [7, 11) is 0. The van der Waals surface area contributed by atoms with Crippen molar-refractivity contribution in [2.75, 3.05) is 5.01 Å². The van der Waals surface area contributed by atoms with E-state index in [0.29, 0.717) is 22.5 Å². The first-order valence-electron chi connectivity index (χ1n) is 8.80. The van der Waals surface area contributed by atoms with Crippen molar-refractivity contribution in [2.45, 2.75) is 0 Å². The molecule has 5 rings (SSSR count). The third-order valence-electron chi connectivity index (χ3n) is 4.71. The van der Waals surface area contributed by atoms with Crippen LogP contribution in [0.1, 0.15) is 20.7 Å². The van der Waals surface area contributed by atoms with Crippen molar-refractivity contribution in [1.29, 1.82) is 0 Å². The van der Waals surface area contributed by atoms with Gasteiger partial charge in [-0.2, -0.15) is 5.01 Å². The van der Waals surface area contributed by atoms with Gasteiger partial charge < -0.3 is 0 Å². The summed E-state index contributed by atoms with van der Waals surface area (Å²) < 4.78 is 0. The van der Waals surface area contributed by atoms with Gasteiger partial charge in [0.2, 0.25) is 0 Å². The number of hydrogen-bond acceptors (Lipinski definition) is 4. The fraction of sp³-hybridized carbons (Fsp3) is 0. The highest BCUT2D eigenvalue weighted by Gasteiger charge is 2.39. The summed E-state index contributed by atoms with van der Waals surface area (Å²) in [6, 6.07) is 25.8. The molecule has 0 fully saturated rings. The van der Waals surface area contributed by atoms with E-state index in [1.807, 2.05) is 60.7 Å². The Labute approximate surface area is 160 Å². The number of rotatable bonds is 3. The Morgan fingerprint density at radius 1 is 0.607 bits per heavy atom. The van der Waals surface area contributed by atoms with E-state index in [1.54, 1.807) is 24.3 Å².